The lowest BCUT2D eigenvalue weighted by Gasteiger charge is -2.21. The summed E-state index contributed by atoms with van der Waals surface area (Å²) in [6.07, 6.45) is 0.910. The zero-order valence-corrected chi connectivity index (χ0v) is 11.4. The third kappa shape index (κ3) is 4.63. The number of rotatable bonds is 7. The van der Waals surface area contributed by atoms with Gasteiger partial charge in [-0.3, -0.25) is 0 Å². The zero-order chi connectivity index (χ0) is 13.5. The number of benzene rings is 1. The van der Waals surface area contributed by atoms with Crippen molar-refractivity contribution in [1.29, 1.82) is 0 Å². The van der Waals surface area contributed by atoms with Crippen molar-refractivity contribution in [2.24, 2.45) is 5.73 Å². The van der Waals surface area contributed by atoms with Crippen LogP contribution in [0.2, 0.25) is 0 Å². The molecule has 0 radical (unpaired) electrons. The van der Waals surface area contributed by atoms with E-state index in [1.807, 2.05) is 31.9 Å². The molecule has 3 nitrogen and oxygen atoms in total. The minimum Gasteiger partial charge on any atom is -0.377 e. The van der Waals surface area contributed by atoms with E-state index < -0.39 is 0 Å². The van der Waals surface area contributed by atoms with Crippen LogP contribution in [0.1, 0.15) is 19.4 Å². The Morgan fingerprint density at radius 1 is 1.39 bits per heavy atom. The number of hydrogen-bond donors (Lipinski definition) is 1. The monoisotopic (exact) mass is 254 g/mol. The lowest BCUT2D eigenvalue weighted by atomic mass is 10.1. The molecule has 0 saturated carbocycles. The fraction of sp³-hybridized carbons (Fsp3) is 0.571. The van der Waals surface area contributed by atoms with Gasteiger partial charge in [0.05, 0.1) is 18.4 Å². The zero-order valence-electron chi connectivity index (χ0n) is 11.4. The third-order valence-electron chi connectivity index (χ3n) is 2.73. The highest BCUT2D eigenvalue weighted by Gasteiger charge is 2.08. The van der Waals surface area contributed by atoms with Crippen LogP contribution in [0.15, 0.2) is 18.2 Å². The van der Waals surface area contributed by atoms with Crippen LogP contribution in [0.4, 0.5) is 10.1 Å². The van der Waals surface area contributed by atoms with Crippen LogP contribution < -0.4 is 10.6 Å². The van der Waals surface area contributed by atoms with E-state index in [4.69, 9.17) is 10.5 Å². The topological polar surface area (TPSA) is 38.5 Å². The molecule has 1 aromatic carbocycles. The molecule has 0 fully saturated rings. The van der Waals surface area contributed by atoms with E-state index in [2.05, 4.69) is 0 Å². The molecular weight excluding hydrogens is 231 g/mol. The molecule has 0 heterocycles. The van der Waals surface area contributed by atoms with Crippen LogP contribution in [-0.4, -0.2) is 32.8 Å². The minimum atomic E-state index is -0.201. The summed E-state index contributed by atoms with van der Waals surface area (Å²) in [6.45, 7) is 5.78. The highest BCUT2D eigenvalue weighted by atomic mass is 19.1. The fourth-order valence-electron chi connectivity index (χ4n) is 1.73. The number of hydrogen-bond acceptors (Lipinski definition) is 3. The molecule has 0 spiro atoms. The highest BCUT2D eigenvalue weighted by Crippen LogP contribution is 2.19. The van der Waals surface area contributed by atoms with E-state index in [1.165, 1.54) is 0 Å². The molecular formula is C14H23FN2O. The molecule has 0 aliphatic carbocycles. The second-order valence-electron chi connectivity index (χ2n) is 4.67. The van der Waals surface area contributed by atoms with Crippen molar-refractivity contribution in [1.82, 2.24) is 0 Å². The summed E-state index contributed by atoms with van der Waals surface area (Å²) in [5, 5.41) is 0. The maximum Gasteiger partial charge on any atom is 0.146 e. The fourth-order valence-corrected chi connectivity index (χ4v) is 1.73. The number of nitrogens with two attached hydrogens (primary N) is 1. The summed E-state index contributed by atoms with van der Waals surface area (Å²) in [4.78, 5) is 1.87. The number of nitrogens with zero attached hydrogens (tertiary/aromatic N) is 1. The normalized spacial score (nSPS) is 11.0. The number of likely N-dealkylation sites (N-methyl/N-ethyl adjacent to an activating group) is 1. The van der Waals surface area contributed by atoms with Crippen LogP contribution in [0.3, 0.4) is 0 Å². The number of ether oxygens (including phenoxy) is 1. The van der Waals surface area contributed by atoms with Crippen molar-refractivity contribution in [2.45, 2.75) is 26.4 Å². The Labute approximate surface area is 109 Å². The van der Waals surface area contributed by atoms with Crippen LogP contribution >= 0.6 is 0 Å². The molecule has 0 bridgehead atoms. The van der Waals surface area contributed by atoms with Gasteiger partial charge in [-0.1, -0.05) is 6.07 Å². The number of halogens is 1. The first-order valence-electron chi connectivity index (χ1n) is 6.35. The quantitative estimate of drug-likeness (QED) is 0.810. The summed E-state index contributed by atoms with van der Waals surface area (Å²) in [5.74, 6) is -0.201. The van der Waals surface area contributed by atoms with Crippen molar-refractivity contribution in [3.05, 3.63) is 29.6 Å². The molecule has 102 valence electrons. The first-order chi connectivity index (χ1) is 8.54. The van der Waals surface area contributed by atoms with Crippen molar-refractivity contribution < 1.29 is 9.13 Å². The second-order valence-corrected chi connectivity index (χ2v) is 4.67. The standard InChI is InChI=1S/C14H23FN2O/c1-11(2)18-9-8-17(3)14-5-4-12(6-7-16)10-13(14)15/h4-5,10-11H,6-9,16H2,1-3H3. The van der Waals surface area contributed by atoms with Crippen molar-refractivity contribution in [3.8, 4) is 0 Å². The van der Waals surface area contributed by atoms with E-state index in [-0.39, 0.29) is 11.9 Å². The van der Waals surface area contributed by atoms with Crippen LogP contribution in [0.25, 0.3) is 0 Å². The van der Waals surface area contributed by atoms with Crippen molar-refractivity contribution >= 4 is 5.69 Å². The molecule has 1 aromatic rings. The Morgan fingerprint density at radius 3 is 2.67 bits per heavy atom. The Kier molecular flexibility index (Phi) is 6.09. The lowest BCUT2D eigenvalue weighted by molar-refractivity contribution is 0.0845. The average Bonchev–Trinajstić information content (AvgIpc) is 2.28. The summed E-state index contributed by atoms with van der Waals surface area (Å²) in [7, 11) is 1.87. The Morgan fingerprint density at radius 2 is 2.11 bits per heavy atom. The molecule has 1 rings (SSSR count). The molecule has 0 amide bonds. The van der Waals surface area contributed by atoms with Gasteiger partial charge >= 0.3 is 0 Å². The van der Waals surface area contributed by atoms with E-state index in [0.717, 1.165) is 5.56 Å². The molecule has 0 aromatic heterocycles. The summed E-state index contributed by atoms with van der Waals surface area (Å²) < 4.78 is 19.3. The predicted octanol–water partition coefficient (Wildman–Crippen LogP) is 2.19. The summed E-state index contributed by atoms with van der Waals surface area (Å²) in [6, 6.07) is 5.28. The van der Waals surface area contributed by atoms with Gasteiger partial charge in [0.25, 0.3) is 0 Å². The van der Waals surface area contributed by atoms with E-state index >= 15 is 0 Å². The van der Waals surface area contributed by atoms with Gasteiger partial charge in [-0.25, -0.2) is 4.39 Å². The van der Waals surface area contributed by atoms with Gasteiger partial charge in [0, 0.05) is 13.6 Å². The molecule has 0 unspecified atom stereocenters. The summed E-state index contributed by atoms with van der Waals surface area (Å²) >= 11 is 0. The summed E-state index contributed by atoms with van der Waals surface area (Å²) in [5.41, 5.74) is 6.99. The molecule has 4 heteroatoms. The smallest absolute Gasteiger partial charge is 0.146 e. The van der Waals surface area contributed by atoms with Crippen LogP contribution in [-0.2, 0) is 11.2 Å². The minimum absolute atomic E-state index is 0.201. The van der Waals surface area contributed by atoms with E-state index in [0.29, 0.717) is 31.8 Å². The average molecular weight is 254 g/mol. The van der Waals surface area contributed by atoms with E-state index in [1.54, 1.807) is 12.1 Å². The van der Waals surface area contributed by atoms with Gasteiger partial charge in [-0.05, 0) is 44.5 Å². The van der Waals surface area contributed by atoms with Gasteiger partial charge in [-0.15, -0.1) is 0 Å². The molecule has 0 saturated heterocycles. The van der Waals surface area contributed by atoms with Gasteiger partial charge in [0.15, 0.2) is 0 Å². The predicted molar refractivity (Wildman–Crippen MR) is 73.5 cm³/mol. The Bertz CT molecular complexity index is 369. The lowest BCUT2D eigenvalue weighted by Crippen LogP contribution is -2.24. The Balaban J connectivity index is 2.59. The van der Waals surface area contributed by atoms with Gasteiger partial charge in [0.2, 0.25) is 0 Å². The molecule has 2 N–H and O–H groups in total. The van der Waals surface area contributed by atoms with E-state index in [9.17, 15) is 4.39 Å². The second kappa shape index (κ2) is 7.34. The van der Waals surface area contributed by atoms with Crippen molar-refractivity contribution in [2.75, 3.05) is 31.6 Å². The van der Waals surface area contributed by atoms with Gasteiger partial charge < -0.3 is 15.4 Å². The maximum absolute atomic E-state index is 13.9. The Hall–Kier alpha value is -1.13. The molecule has 0 aliphatic heterocycles. The van der Waals surface area contributed by atoms with Crippen molar-refractivity contribution in [3.63, 3.8) is 0 Å². The van der Waals surface area contributed by atoms with Crippen LogP contribution in [0, 0.1) is 5.82 Å². The maximum atomic E-state index is 13.9. The molecule has 18 heavy (non-hydrogen) atoms. The van der Waals surface area contributed by atoms with Crippen LogP contribution in [0.5, 0.6) is 0 Å². The third-order valence-corrected chi connectivity index (χ3v) is 2.73. The first kappa shape index (κ1) is 14.9. The van der Waals surface area contributed by atoms with Gasteiger partial charge in [-0.2, -0.15) is 0 Å². The number of anilines is 1. The molecule has 0 atom stereocenters. The largest absolute Gasteiger partial charge is 0.377 e. The molecule has 0 aliphatic rings. The highest BCUT2D eigenvalue weighted by molar-refractivity contribution is 5.48. The SMILES string of the molecule is CC(C)OCCN(C)c1ccc(CCN)cc1F. The van der Waals surface area contributed by atoms with Gasteiger partial charge in [0.1, 0.15) is 5.82 Å². The first-order valence-corrected chi connectivity index (χ1v) is 6.35.